The third-order valence-electron chi connectivity index (χ3n) is 3.55. The molecule has 1 atom stereocenters. The maximum Gasteiger partial charge on any atom is 0.337 e. The van der Waals surface area contributed by atoms with E-state index in [1.807, 2.05) is 7.05 Å². The van der Waals surface area contributed by atoms with Gasteiger partial charge in [0.1, 0.15) is 0 Å². The molecule has 1 unspecified atom stereocenters. The summed E-state index contributed by atoms with van der Waals surface area (Å²) in [7, 11) is 3.36. The summed E-state index contributed by atoms with van der Waals surface area (Å²) in [4.78, 5) is 25.8. The molecule has 1 heterocycles. The first-order chi connectivity index (χ1) is 9.60. The minimum atomic E-state index is -0.404. The molecule has 1 aliphatic rings. The lowest BCUT2D eigenvalue weighted by molar-refractivity contribution is -0.121. The van der Waals surface area contributed by atoms with Gasteiger partial charge in [0, 0.05) is 12.2 Å². The summed E-state index contributed by atoms with van der Waals surface area (Å²) in [6.07, 6.45) is 1.95. The van der Waals surface area contributed by atoms with Gasteiger partial charge in [-0.15, -0.1) is 0 Å². The Labute approximate surface area is 118 Å². The van der Waals surface area contributed by atoms with Crippen LogP contribution in [0.5, 0.6) is 0 Å². The van der Waals surface area contributed by atoms with E-state index in [1.165, 1.54) is 7.11 Å². The zero-order valence-electron chi connectivity index (χ0n) is 11.9. The molecule has 1 aliphatic heterocycles. The van der Waals surface area contributed by atoms with Crippen LogP contribution in [0.3, 0.4) is 0 Å². The van der Waals surface area contributed by atoms with Gasteiger partial charge in [0.05, 0.1) is 18.6 Å². The summed E-state index contributed by atoms with van der Waals surface area (Å²) in [5.41, 5.74) is 1.07. The molecule has 0 saturated carbocycles. The average molecular weight is 276 g/mol. The molecule has 1 aromatic carbocycles. The standard InChI is InChI=1S/C15H20N2O3/c1-17-8-4-6-12(10-17)14(18)16-13-7-3-5-11(9-13)15(19)20-2/h3,5,7,9,12H,4,6,8,10H2,1-2H3,(H,16,18). The van der Waals surface area contributed by atoms with Crippen molar-refractivity contribution in [2.75, 3.05) is 32.6 Å². The highest BCUT2D eigenvalue weighted by Crippen LogP contribution is 2.18. The van der Waals surface area contributed by atoms with Gasteiger partial charge in [-0.05, 0) is 44.6 Å². The van der Waals surface area contributed by atoms with E-state index >= 15 is 0 Å². The molecule has 1 amide bonds. The number of hydrogen-bond donors (Lipinski definition) is 1. The maximum atomic E-state index is 12.2. The number of nitrogens with one attached hydrogen (secondary N) is 1. The minimum absolute atomic E-state index is 0.00975. The van der Waals surface area contributed by atoms with Crippen LogP contribution in [0.1, 0.15) is 23.2 Å². The number of methoxy groups -OCH3 is 1. The van der Waals surface area contributed by atoms with E-state index in [9.17, 15) is 9.59 Å². The lowest BCUT2D eigenvalue weighted by Gasteiger charge is -2.28. The normalized spacial score (nSPS) is 19.4. The van der Waals surface area contributed by atoms with Crippen molar-refractivity contribution in [1.29, 1.82) is 0 Å². The number of piperidine rings is 1. The van der Waals surface area contributed by atoms with Gasteiger partial charge in [0.2, 0.25) is 5.91 Å². The third-order valence-corrected chi connectivity index (χ3v) is 3.55. The molecule has 0 radical (unpaired) electrons. The third kappa shape index (κ3) is 3.57. The molecule has 2 rings (SSSR count). The van der Waals surface area contributed by atoms with Crippen molar-refractivity contribution in [3.63, 3.8) is 0 Å². The number of hydrogen-bond acceptors (Lipinski definition) is 4. The molecule has 0 aliphatic carbocycles. The molecule has 20 heavy (non-hydrogen) atoms. The Hall–Kier alpha value is -1.88. The van der Waals surface area contributed by atoms with Gasteiger partial charge in [-0.3, -0.25) is 4.79 Å². The fraction of sp³-hybridized carbons (Fsp3) is 0.467. The largest absolute Gasteiger partial charge is 0.465 e. The molecule has 5 nitrogen and oxygen atoms in total. The van der Waals surface area contributed by atoms with Crippen LogP contribution in [0.15, 0.2) is 24.3 Å². The van der Waals surface area contributed by atoms with E-state index in [-0.39, 0.29) is 11.8 Å². The van der Waals surface area contributed by atoms with E-state index in [2.05, 4.69) is 15.0 Å². The van der Waals surface area contributed by atoms with Gasteiger partial charge in [-0.1, -0.05) is 6.07 Å². The Balaban J connectivity index is 2.02. The molecule has 0 spiro atoms. The van der Waals surface area contributed by atoms with E-state index in [0.29, 0.717) is 11.3 Å². The monoisotopic (exact) mass is 276 g/mol. The highest BCUT2D eigenvalue weighted by Gasteiger charge is 2.24. The molecule has 1 saturated heterocycles. The van der Waals surface area contributed by atoms with E-state index < -0.39 is 5.97 Å². The summed E-state index contributed by atoms with van der Waals surface area (Å²) in [6.45, 7) is 1.82. The lowest BCUT2D eigenvalue weighted by atomic mass is 9.97. The molecular formula is C15H20N2O3. The predicted octanol–water partition coefficient (Wildman–Crippen LogP) is 1.75. The summed E-state index contributed by atoms with van der Waals surface area (Å²) >= 11 is 0. The summed E-state index contributed by atoms with van der Waals surface area (Å²) in [5, 5.41) is 2.88. The van der Waals surface area contributed by atoms with Gasteiger partial charge >= 0.3 is 5.97 Å². The minimum Gasteiger partial charge on any atom is -0.465 e. The molecule has 108 valence electrons. The van der Waals surface area contributed by atoms with Gasteiger partial charge in [0.15, 0.2) is 0 Å². The summed E-state index contributed by atoms with van der Waals surface area (Å²) in [6, 6.07) is 6.80. The molecule has 5 heteroatoms. The Kier molecular flexibility index (Phi) is 4.74. The SMILES string of the molecule is COC(=O)c1cccc(NC(=O)C2CCCN(C)C2)c1. The highest BCUT2D eigenvalue weighted by atomic mass is 16.5. The smallest absolute Gasteiger partial charge is 0.337 e. The van der Waals surface area contributed by atoms with Crippen LogP contribution in [-0.2, 0) is 9.53 Å². The maximum absolute atomic E-state index is 12.2. The van der Waals surface area contributed by atoms with Crippen LogP contribution in [-0.4, -0.2) is 44.0 Å². The first kappa shape index (κ1) is 14.5. The van der Waals surface area contributed by atoms with Crippen molar-refractivity contribution >= 4 is 17.6 Å². The molecule has 0 aromatic heterocycles. The van der Waals surface area contributed by atoms with Crippen LogP contribution in [0.2, 0.25) is 0 Å². The molecule has 1 aromatic rings. The lowest BCUT2D eigenvalue weighted by Crippen LogP contribution is -2.38. The van der Waals surface area contributed by atoms with Crippen LogP contribution in [0.25, 0.3) is 0 Å². The van der Waals surface area contributed by atoms with Gasteiger partial charge in [-0.2, -0.15) is 0 Å². The number of anilines is 1. The summed E-state index contributed by atoms with van der Waals surface area (Å²) < 4.78 is 4.67. The highest BCUT2D eigenvalue weighted by molar-refractivity contribution is 5.95. The first-order valence-electron chi connectivity index (χ1n) is 6.78. The fourth-order valence-electron chi connectivity index (χ4n) is 2.47. The number of nitrogens with zero attached hydrogens (tertiary/aromatic N) is 1. The van der Waals surface area contributed by atoms with Crippen molar-refractivity contribution < 1.29 is 14.3 Å². The second-order valence-electron chi connectivity index (χ2n) is 5.16. The van der Waals surface area contributed by atoms with E-state index in [4.69, 9.17) is 0 Å². The van der Waals surface area contributed by atoms with Crippen LogP contribution in [0.4, 0.5) is 5.69 Å². The van der Waals surface area contributed by atoms with Gasteiger partial charge in [-0.25, -0.2) is 4.79 Å². The molecule has 1 N–H and O–H groups in total. The topological polar surface area (TPSA) is 58.6 Å². The van der Waals surface area contributed by atoms with Gasteiger partial charge in [0.25, 0.3) is 0 Å². The number of ether oxygens (including phenoxy) is 1. The number of benzene rings is 1. The zero-order chi connectivity index (χ0) is 14.5. The number of rotatable bonds is 3. The summed E-state index contributed by atoms with van der Waals surface area (Å²) in [5.74, 6) is -0.382. The van der Waals surface area contributed by atoms with E-state index in [1.54, 1.807) is 24.3 Å². The Morgan fingerprint density at radius 2 is 2.20 bits per heavy atom. The molecule has 1 fully saturated rings. The number of esters is 1. The first-order valence-corrected chi connectivity index (χ1v) is 6.78. The fourth-order valence-corrected chi connectivity index (χ4v) is 2.47. The Morgan fingerprint density at radius 3 is 2.90 bits per heavy atom. The average Bonchev–Trinajstić information content (AvgIpc) is 2.46. The molecule has 0 bridgehead atoms. The second kappa shape index (κ2) is 6.52. The van der Waals surface area contributed by atoms with Crippen molar-refractivity contribution in [3.05, 3.63) is 29.8 Å². The number of amides is 1. The zero-order valence-corrected chi connectivity index (χ0v) is 11.9. The van der Waals surface area contributed by atoms with Crippen LogP contribution in [0, 0.1) is 5.92 Å². The van der Waals surface area contributed by atoms with Gasteiger partial charge < -0.3 is 15.0 Å². The van der Waals surface area contributed by atoms with E-state index in [0.717, 1.165) is 25.9 Å². The quantitative estimate of drug-likeness (QED) is 0.855. The predicted molar refractivity (Wildman–Crippen MR) is 76.6 cm³/mol. The van der Waals surface area contributed by atoms with Crippen LogP contribution < -0.4 is 5.32 Å². The Morgan fingerprint density at radius 1 is 1.40 bits per heavy atom. The second-order valence-corrected chi connectivity index (χ2v) is 5.16. The number of likely N-dealkylation sites (tertiary alicyclic amines) is 1. The van der Waals surface area contributed by atoms with Crippen molar-refractivity contribution in [2.24, 2.45) is 5.92 Å². The molecular weight excluding hydrogens is 256 g/mol. The Bertz CT molecular complexity index is 502. The van der Waals surface area contributed by atoms with Crippen molar-refractivity contribution in [1.82, 2.24) is 4.90 Å². The van der Waals surface area contributed by atoms with Crippen molar-refractivity contribution in [3.8, 4) is 0 Å². The number of carbonyl (C=O) groups is 2. The van der Waals surface area contributed by atoms with Crippen LogP contribution >= 0.6 is 0 Å². The van der Waals surface area contributed by atoms with Crippen molar-refractivity contribution in [2.45, 2.75) is 12.8 Å². The number of carbonyl (C=O) groups excluding carboxylic acids is 2.